The van der Waals surface area contributed by atoms with Crippen molar-refractivity contribution in [1.29, 1.82) is 0 Å². The molecule has 0 spiro atoms. The summed E-state index contributed by atoms with van der Waals surface area (Å²) in [5, 5.41) is 12.5. The largest absolute Gasteiger partial charge is 0.469 e. The lowest BCUT2D eigenvalue weighted by molar-refractivity contribution is 0.181. The van der Waals surface area contributed by atoms with Crippen LogP contribution in [-0.4, -0.2) is 23.8 Å². The van der Waals surface area contributed by atoms with Crippen molar-refractivity contribution in [2.24, 2.45) is 0 Å². The van der Waals surface area contributed by atoms with Crippen LogP contribution in [0, 0.1) is 0 Å². The molecule has 86 valence electrons. The van der Waals surface area contributed by atoms with E-state index in [2.05, 4.69) is 12.2 Å². The van der Waals surface area contributed by atoms with Crippen molar-refractivity contribution < 1.29 is 9.52 Å². The van der Waals surface area contributed by atoms with Crippen LogP contribution in [0.5, 0.6) is 0 Å². The van der Waals surface area contributed by atoms with Gasteiger partial charge in [0.1, 0.15) is 5.76 Å². The van der Waals surface area contributed by atoms with Gasteiger partial charge >= 0.3 is 0 Å². The lowest BCUT2D eigenvalue weighted by atomic mass is 10.1. The average molecular weight is 211 g/mol. The van der Waals surface area contributed by atoms with Gasteiger partial charge in [0.05, 0.1) is 12.4 Å². The van der Waals surface area contributed by atoms with Crippen LogP contribution in [0.15, 0.2) is 22.8 Å². The van der Waals surface area contributed by atoms with Crippen LogP contribution >= 0.6 is 0 Å². The number of furan rings is 1. The lowest BCUT2D eigenvalue weighted by Crippen LogP contribution is -2.29. The molecule has 2 atom stereocenters. The summed E-state index contributed by atoms with van der Waals surface area (Å²) < 4.78 is 5.27. The molecular weight excluding hydrogens is 190 g/mol. The third-order valence-corrected chi connectivity index (χ3v) is 2.38. The topological polar surface area (TPSA) is 45.4 Å². The fourth-order valence-electron chi connectivity index (χ4n) is 1.55. The molecule has 15 heavy (non-hydrogen) atoms. The zero-order valence-electron chi connectivity index (χ0n) is 9.57. The minimum atomic E-state index is -0.188. The monoisotopic (exact) mass is 211 g/mol. The average Bonchev–Trinajstić information content (AvgIpc) is 2.64. The van der Waals surface area contributed by atoms with E-state index >= 15 is 0 Å². The van der Waals surface area contributed by atoms with Gasteiger partial charge in [0.25, 0.3) is 0 Å². The number of aliphatic hydroxyl groups is 1. The maximum Gasteiger partial charge on any atom is 0.105 e. The Morgan fingerprint density at radius 2 is 2.27 bits per heavy atom. The van der Waals surface area contributed by atoms with Crippen LogP contribution in [0.4, 0.5) is 0 Å². The first-order chi connectivity index (χ1) is 7.18. The molecule has 0 fully saturated rings. The SMILES string of the molecule is CC(O)CCCNC(C)Cc1ccco1. The van der Waals surface area contributed by atoms with Crippen molar-refractivity contribution >= 4 is 0 Å². The van der Waals surface area contributed by atoms with Gasteiger partial charge in [-0.15, -0.1) is 0 Å². The second-order valence-electron chi connectivity index (χ2n) is 4.13. The van der Waals surface area contributed by atoms with E-state index in [0.717, 1.165) is 31.6 Å². The molecule has 2 N–H and O–H groups in total. The molecule has 1 aromatic heterocycles. The van der Waals surface area contributed by atoms with E-state index in [1.54, 1.807) is 6.26 Å². The van der Waals surface area contributed by atoms with Gasteiger partial charge in [0, 0.05) is 12.5 Å². The van der Waals surface area contributed by atoms with E-state index in [0.29, 0.717) is 6.04 Å². The molecule has 0 aromatic carbocycles. The summed E-state index contributed by atoms with van der Waals surface area (Å²) in [4.78, 5) is 0. The van der Waals surface area contributed by atoms with Gasteiger partial charge < -0.3 is 14.8 Å². The first kappa shape index (κ1) is 12.3. The fourth-order valence-corrected chi connectivity index (χ4v) is 1.55. The Morgan fingerprint density at radius 3 is 2.87 bits per heavy atom. The van der Waals surface area contributed by atoms with Crippen molar-refractivity contribution in [3.8, 4) is 0 Å². The predicted molar refractivity (Wildman–Crippen MR) is 60.8 cm³/mol. The van der Waals surface area contributed by atoms with Gasteiger partial charge in [-0.2, -0.15) is 0 Å². The third-order valence-electron chi connectivity index (χ3n) is 2.38. The van der Waals surface area contributed by atoms with Crippen LogP contribution in [0.2, 0.25) is 0 Å². The normalized spacial score (nSPS) is 15.1. The fraction of sp³-hybridized carbons (Fsp3) is 0.667. The van der Waals surface area contributed by atoms with Crippen LogP contribution in [-0.2, 0) is 6.42 Å². The third kappa shape index (κ3) is 5.60. The van der Waals surface area contributed by atoms with E-state index in [9.17, 15) is 0 Å². The summed E-state index contributed by atoms with van der Waals surface area (Å²) in [5.74, 6) is 1.02. The van der Waals surface area contributed by atoms with Gasteiger partial charge in [-0.1, -0.05) is 0 Å². The Hall–Kier alpha value is -0.800. The zero-order chi connectivity index (χ0) is 11.1. The molecule has 0 bridgehead atoms. The smallest absolute Gasteiger partial charge is 0.105 e. The highest BCUT2D eigenvalue weighted by Gasteiger charge is 2.04. The standard InChI is InChI=1S/C12H21NO2/c1-10(9-12-6-4-8-15-12)13-7-3-5-11(2)14/h4,6,8,10-11,13-14H,3,5,7,9H2,1-2H3. The van der Waals surface area contributed by atoms with Crippen molar-refractivity contribution in [3.05, 3.63) is 24.2 Å². The van der Waals surface area contributed by atoms with Crippen molar-refractivity contribution in [2.75, 3.05) is 6.54 Å². The molecule has 3 heteroatoms. The van der Waals surface area contributed by atoms with E-state index in [4.69, 9.17) is 9.52 Å². The number of rotatable bonds is 7. The van der Waals surface area contributed by atoms with Crippen LogP contribution in [0.1, 0.15) is 32.4 Å². The molecule has 0 aliphatic heterocycles. The second kappa shape index (κ2) is 6.64. The Bertz CT molecular complexity index is 244. The first-order valence-electron chi connectivity index (χ1n) is 5.62. The van der Waals surface area contributed by atoms with Crippen LogP contribution in [0.25, 0.3) is 0 Å². The maximum atomic E-state index is 9.08. The van der Waals surface area contributed by atoms with Crippen molar-refractivity contribution in [1.82, 2.24) is 5.32 Å². The van der Waals surface area contributed by atoms with Gasteiger partial charge in [-0.3, -0.25) is 0 Å². The zero-order valence-corrected chi connectivity index (χ0v) is 9.57. The minimum Gasteiger partial charge on any atom is -0.469 e. The molecule has 0 saturated carbocycles. The molecule has 0 saturated heterocycles. The molecular formula is C12H21NO2. The first-order valence-corrected chi connectivity index (χ1v) is 5.62. The van der Waals surface area contributed by atoms with Gasteiger partial charge in [-0.05, 0) is 45.4 Å². The molecule has 2 unspecified atom stereocenters. The molecule has 0 radical (unpaired) electrons. The molecule has 3 nitrogen and oxygen atoms in total. The Balaban J connectivity index is 2.06. The van der Waals surface area contributed by atoms with Gasteiger partial charge in [0.2, 0.25) is 0 Å². The number of hydrogen-bond acceptors (Lipinski definition) is 3. The number of nitrogens with one attached hydrogen (secondary N) is 1. The number of aliphatic hydroxyl groups excluding tert-OH is 1. The minimum absolute atomic E-state index is 0.188. The molecule has 1 rings (SSSR count). The lowest BCUT2D eigenvalue weighted by Gasteiger charge is -2.12. The molecule has 0 aliphatic carbocycles. The van der Waals surface area contributed by atoms with Gasteiger partial charge in [0.15, 0.2) is 0 Å². The van der Waals surface area contributed by atoms with E-state index < -0.39 is 0 Å². The summed E-state index contributed by atoms with van der Waals surface area (Å²) >= 11 is 0. The van der Waals surface area contributed by atoms with E-state index in [1.807, 2.05) is 19.1 Å². The van der Waals surface area contributed by atoms with Crippen LogP contribution < -0.4 is 5.32 Å². The predicted octanol–water partition coefficient (Wildman–Crippen LogP) is 1.96. The summed E-state index contributed by atoms with van der Waals surface area (Å²) in [7, 11) is 0. The summed E-state index contributed by atoms with van der Waals surface area (Å²) in [6.07, 6.45) is 4.31. The van der Waals surface area contributed by atoms with E-state index in [1.165, 1.54) is 0 Å². The van der Waals surface area contributed by atoms with Crippen molar-refractivity contribution in [3.63, 3.8) is 0 Å². The Labute approximate surface area is 91.5 Å². The second-order valence-corrected chi connectivity index (χ2v) is 4.13. The molecule has 0 amide bonds. The summed E-state index contributed by atoms with van der Waals surface area (Å²) in [5.41, 5.74) is 0. The van der Waals surface area contributed by atoms with E-state index in [-0.39, 0.29) is 6.10 Å². The highest BCUT2D eigenvalue weighted by molar-refractivity contribution is 4.99. The summed E-state index contributed by atoms with van der Waals surface area (Å²) in [6, 6.07) is 4.33. The Kier molecular flexibility index (Phi) is 5.43. The summed E-state index contributed by atoms with van der Waals surface area (Å²) in [6.45, 7) is 4.92. The molecule has 1 aromatic rings. The van der Waals surface area contributed by atoms with Gasteiger partial charge in [-0.25, -0.2) is 0 Å². The van der Waals surface area contributed by atoms with Crippen molar-refractivity contribution in [2.45, 2.75) is 45.3 Å². The number of hydrogen-bond donors (Lipinski definition) is 2. The molecule has 0 aliphatic rings. The van der Waals surface area contributed by atoms with Crippen LogP contribution in [0.3, 0.4) is 0 Å². The highest BCUT2D eigenvalue weighted by Crippen LogP contribution is 2.04. The molecule has 1 heterocycles. The highest BCUT2D eigenvalue weighted by atomic mass is 16.3. The maximum absolute atomic E-state index is 9.08. The Morgan fingerprint density at radius 1 is 1.47 bits per heavy atom. The quantitative estimate of drug-likeness (QED) is 0.678.